The molecule has 84 valence electrons. The SMILES string of the molecule is CC(CN)N(C)S(=O)(=O)c1ccccc1. The Morgan fingerprint density at radius 3 is 2.33 bits per heavy atom. The number of sulfonamides is 1. The van der Waals surface area contributed by atoms with E-state index in [2.05, 4.69) is 0 Å². The first kappa shape index (κ1) is 12.2. The smallest absolute Gasteiger partial charge is 0.243 e. The van der Waals surface area contributed by atoms with Crippen molar-refractivity contribution in [3.05, 3.63) is 30.3 Å². The first-order chi connectivity index (χ1) is 7.00. The van der Waals surface area contributed by atoms with Crippen LogP contribution in [0, 0.1) is 0 Å². The molecule has 0 fully saturated rings. The predicted octanol–water partition coefficient (Wildman–Crippen LogP) is 0.654. The van der Waals surface area contributed by atoms with E-state index in [4.69, 9.17) is 5.73 Å². The molecular weight excluding hydrogens is 212 g/mol. The maximum atomic E-state index is 12.0. The van der Waals surface area contributed by atoms with Crippen LogP contribution in [0.3, 0.4) is 0 Å². The van der Waals surface area contributed by atoms with E-state index in [0.29, 0.717) is 11.4 Å². The number of rotatable bonds is 4. The van der Waals surface area contributed by atoms with Crippen LogP contribution in [-0.2, 0) is 10.0 Å². The van der Waals surface area contributed by atoms with Crippen molar-refractivity contribution in [2.75, 3.05) is 13.6 Å². The highest BCUT2D eigenvalue weighted by molar-refractivity contribution is 7.89. The minimum atomic E-state index is -3.40. The average Bonchev–Trinajstić information content (AvgIpc) is 2.28. The number of nitrogens with zero attached hydrogens (tertiary/aromatic N) is 1. The summed E-state index contributed by atoms with van der Waals surface area (Å²) in [5, 5.41) is 0. The minimum absolute atomic E-state index is 0.199. The summed E-state index contributed by atoms with van der Waals surface area (Å²) in [6.07, 6.45) is 0. The van der Waals surface area contributed by atoms with Crippen molar-refractivity contribution >= 4 is 10.0 Å². The maximum absolute atomic E-state index is 12.0. The van der Waals surface area contributed by atoms with Gasteiger partial charge in [-0.05, 0) is 19.1 Å². The quantitative estimate of drug-likeness (QED) is 0.823. The molecule has 1 aromatic rings. The molecule has 0 saturated heterocycles. The molecule has 0 saturated carbocycles. The van der Waals surface area contributed by atoms with E-state index in [9.17, 15) is 8.42 Å². The zero-order valence-corrected chi connectivity index (χ0v) is 9.74. The lowest BCUT2D eigenvalue weighted by atomic mass is 10.4. The van der Waals surface area contributed by atoms with Crippen LogP contribution in [0.4, 0.5) is 0 Å². The molecule has 0 aliphatic rings. The number of hydrogen-bond acceptors (Lipinski definition) is 3. The van der Waals surface area contributed by atoms with Crippen LogP contribution in [0.5, 0.6) is 0 Å². The van der Waals surface area contributed by atoms with Crippen molar-refractivity contribution in [1.82, 2.24) is 4.31 Å². The van der Waals surface area contributed by atoms with Gasteiger partial charge in [0.2, 0.25) is 10.0 Å². The van der Waals surface area contributed by atoms with Gasteiger partial charge in [-0.2, -0.15) is 4.31 Å². The molecule has 0 bridgehead atoms. The molecule has 0 aliphatic heterocycles. The molecule has 0 amide bonds. The van der Waals surface area contributed by atoms with Gasteiger partial charge >= 0.3 is 0 Å². The van der Waals surface area contributed by atoms with E-state index in [0.717, 1.165) is 0 Å². The summed E-state index contributed by atoms with van der Waals surface area (Å²) in [5.41, 5.74) is 5.44. The molecule has 1 rings (SSSR count). The Kier molecular flexibility index (Phi) is 3.84. The van der Waals surface area contributed by atoms with Gasteiger partial charge in [0.25, 0.3) is 0 Å². The van der Waals surface area contributed by atoms with Gasteiger partial charge in [0.15, 0.2) is 0 Å². The molecule has 1 atom stereocenters. The van der Waals surface area contributed by atoms with Crippen molar-refractivity contribution in [2.45, 2.75) is 17.9 Å². The fourth-order valence-corrected chi connectivity index (χ4v) is 2.54. The summed E-state index contributed by atoms with van der Waals surface area (Å²) in [4.78, 5) is 0.299. The second-order valence-corrected chi connectivity index (χ2v) is 5.42. The molecule has 1 aromatic carbocycles. The minimum Gasteiger partial charge on any atom is -0.329 e. The van der Waals surface area contributed by atoms with Crippen LogP contribution in [-0.4, -0.2) is 32.4 Å². The molecule has 15 heavy (non-hydrogen) atoms. The number of benzene rings is 1. The number of hydrogen-bond donors (Lipinski definition) is 1. The lowest BCUT2D eigenvalue weighted by Gasteiger charge is -2.22. The normalized spacial score (nSPS) is 14.1. The molecule has 0 spiro atoms. The molecule has 4 nitrogen and oxygen atoms in total. The van der Waals surface area contributed by atoms with E-state index in [-0.39, 0.29) is 6.04 Å². The second-order valence-electron chi connectivity index (χ2n) is 3.42. The molecule has 0 heterocycles. The highest BCUT2D eigenvalue weighted by atomic mass is 32.2. The van der Waals surface area contributed by atoms with Gasteiger partial charge in [0, 0.05) is 19.6 Å². The van der Waals surface area contributed by atoms with Gasteiger partial charge in [-0.25, -0.2) is 8.42 Å². The van der Waals surface area contributed by atoms with Crippen LogP contribution in [0.25, 0.3) is 0 Å². The van der Waals surface area contributed by atoms with Crippen molar-refractivity contribution < 1.29 is 8.42 Å². The van der Waals surface area contributed by atoms with Gasteiger partial charge in [-0.1, -0.05) is 18.2 Å². The monoisotopic (exact) mass is 228 g/mol. The summed E-state index contributed by atoms with van der Waals surface area (Å²) in [5.74, 6) is 0. The summed E-state index contributed by atoms with van der Waals surface area (Å²) < 4.78 is 25.3. The van der Waals surface area contributed by atoms with E-state index in [1.807, 2.05) is 0 Å². The zero-order valence-electron chi connectivity index (χ0n) is 8.92. The summed E-state index contributed by atoms with van der Waals surface area (Å²) in [7, 11) is -1.86. The van der Waals surface area contributed by atoms with E-state index >= 15 is 0 Å². The van der Waals surface area contributed by atoms with Crippen LogP contribution in [0.2, 0.25) is 0 Å². The standard InChI is InChI=1S/C10H16N2O2S/c1-9(8-11)12(2)15(13,14)10-6-4-3-5-7-10/h3-7,9H,8,11H2,1-2H3. The van der Waals surface area contributed by atoms with Crippen molar-refractivity contribution in [2.24, 2.45) is 5.73 Å². The van der Waals surface area contributed by atoms with Gasteiger partial charge in [-0.15, -0.1) is 0 Å². The van der Waals surface area contributed by atoms with Crippen LogP contribution in [0.15, 0.2) is 35.2 Å². The lowest BCUT2D eigenvalue weighted by Crippen LogP contribution is -2.39. The highest BCUT2D eigenvalue weighted by Gasteiger charge is 2.23. The second kappa shape index (κ2) is 4.74. The van der Waals surface area contributed by atoms with Gasteiger partial charge in [-0.3, -0.25) is 0 Å². The molecule has 0 radical (unpaired) electrons. The Bertz CT molecular complexity index is 403. The third-order valence-corrected chi connectivity index (χ3v) is 4.37. The Labute approximate surface area is 90.8 Å². The first-order valence-electron chi connectivity index (χ1n) is 4.73. The molecule has 0 aliphatic carbocycles. The molecule has 0 aromatic heterocycles. The van der Waals surface area contributed by atoms with E-state index in [1.54, 1.807) is 44.3 Å². The van der Waals surface area contributed by atoms with Gasteiger partial charge in [0.1, 0.15) is 0 Å². The third kappa shape index (κ3) is 2.56. The van der Waals surface area contributed by atoms with Crippen LogP contribution < -0.4 is 5.73 Å². The Morgan fingerprint density at radius 2 is 1.87 bits per heavy atom. The maximum Gasteiger partial charge on any atom is 0.243 e. The van der Waals surface area contributed by atoms with Crippen LogP contribution in [0.1, 0.15) is 6.92 Å². The van der Waals surface area contributed by atoms with Gasteiger partial charge in [0.05, 0.1) is 4.90 Å². The van der Waals surface area contributed by atoms with E-state index < -0.39 is 10.0 Å². The van der Waals surface area contributed by atoms with E-state index in [1.165, 1.54) is 4.31 Å². The summed E-state index contributed by atoms with van der Waals surface area (Å²) >= 11 is 0. The zero-order chi connectivity index (χ0) is 11.5. The number of likely N-dealkylation sites (N-methyl/N-ethyl adjacent to an activating group) is 1. The topological polar surface area (TPSA) is 63.4 Å². The first-order valence-corrected chi connectivity index (χ1v) is 6.17. The molecular formula is C10H16N2O2S. The number of nitrogens with two attached hydrogens (primary N) is 1. The van der Waals surface area contributed by atoms with Crippen LogP contribution >= 0.6 is 0 Å². The van der Waals surface area contributed by atoms with Crippen molar-refractivity contribution in [3.8, 4) is 0 Å². The van der Waals surface area contributed by atoms with Crippen molar-refractivity contribution in [1.29, 1.82) is 0 Å². The fraction of sp³-hybridized carbons (Fsp3) is 0.400. The van der Waals surface area contributed by atoms with Gasteiger partial charge < -0.3 is 5.73 Å². The molecule has 2 N–H and O–H groups in total. The Balaban J connectivity index is 3.04. The Hall–Kier alpha value is -0.910. The average molecular weight is 228 g/mol. The third-order valence-electron chi connectivity index (χ3n) is 2.38. The molecule has 1 unspecified atom stereocenters. The Morgan fingerprint density at radius 1 is 1.33 bits per heavy atom. The largest absolute Gasteiger partial charge is 0.329 e. The van der Waals surface area contributed by atoms with Crippen molar-refractivity contribution in [3.63, 3.8) is 0 Å². The predicted molar refractivity (Wildman–Crippen MR) is 59.9 cm³/mol. The fourth-order valence-electron chi connectivity index (χ4n) is 1.14. The molecule has 5 heteroatoms. The highest BCUT2D eigenvalue weighted by Crippen LogP contribution is 2.15. The summed E-state index contributed by atoms with van der Waals surface area (Å²) in [6, 6.07) is 8.15. The summed E-state index contributed by atoms with van der Waals surface area (Å²) in [6.45, 7) is 2.09. The lowest BCUT2D eigenvalue weighted by molar-refractivity contribution is 0.394.